The van der Waals surface area contributed by atoms with E-state index in [1.54, 1.807) is 6.92 Å². The Bertz CT molecular complexity index is 654. The van der Waals surface area contributed by atoms with Crippen molar-refractivity contribution in [3.63, 3.8) is 0 Å². The Balaban J connectivity index is 1.64. The lowest BCUT2D eigenvalue weighted by Gasteiger charge is -2.23. The third-order valence-corrected chi connectivity index (χ3v) is 4.60. The van der Waals surface area contributed by atoms with Crippen LogP contribution in [0.1, 0.15) is 37.9 Å². The summed E-state index contributed by atoms with van der Waals surface area (Å²) in [6.07, 6.45) is 4.51. The smallest absolute Gasteiger partial charge is 0.128 e. The maximum Gasteiger partial charge on any atom is 0.128 e. The summed E-state index contributed by atoms with van der Waals surface area (Å²) in [5.74, 6) is 2.10. The van der Waals surface area contributed by atoms with Crippen LogP contribution in [0.5, 0.6) is 0 Å². The number of rotatable bonds is 5. The molecule has 1 aliphatic heterocycles. The van der Waals surface area contributed by atoms with Gasteiger partial charge in [-0.25, -0.2) is 9.97 Å². The Morgan fingerprint density at radius 1 is 1.21 bits per heavy atom. The molecule has 6 heteroatoms. The molecule has 0 amide bonds. The molecule has 1 saturated heterocycles. The van der Waals surface area contributed by atoms with Crippen LogP contribution in [-0.2, 0) is 13.1 Å². The van der Waals surface area contributed by atoms with E-state index in [1.165, 1.54) is 0 Å². The van der Waals surface area contributed by atoms with Gasteiger partial charge in [-0.05, 0) is 32.4 Å². The largest absolute Gasteiger partial charge is 0.387 e. The quantitative estimate of drug-likeness (QED) is 0.910. The molecule has 130 valence electrons. The molecular formula is C18H27N5O. The number of aliphatic hydroxyl groups is 1. The van der Waals surface area contributed by atoms with Crippen molar-refractivity contribution in [2.24, 2.45) is 0 Å². The maximum atomic E-state index is 9.74. The number of hydrogen-bond acceptors (Lipinski definition) is 5. The second-order valence-corrected chi connectivity index (χ2v) is 6.34. The van der Waals surface area contributed by atoms with E-state index in [-0.39, 0.29) is 0 Å². The van der Waals surface area contributed by atoms with Gasteiger partial charge in [-0.15, -0.1) is 0 Å². The Kier molecular flexibility index (Phi) is 5.48. The van der Waals surface area contributed by atoms with Crippen molar-refractivity contribution in [2.75, 3.05) is 31.1 Å². The number of nitrogens with zero attached hydrogens (tertiary/aromatic N) is 5. The van der Waals surface area contributed by atoms with Crippen molar-refractivity contribution in [3.05, 3.63) is 42.1 Å². The summed E-state index contributed by atoms with van der Waals surface area (Å²) in [6, 6.07) is 5.89. The summed E-state index contributed by atoms with van der Waals surface area (Å²) < 4.78 is 2.20. The third-order valence-electron chi connectivity index (χ3n) is 4.60. The van der Waals surface area contributed by atoms with Crippen LogP contribution in [0.4, 0.5) is 5.82 Å². The van der Waals surface area contributed by atoms with Gasteiger partial charge in [0, 0.05) is 45.1 Å². The average Bonchev–Trinajstić information content (AvgIpc) is 2.91. The molecule has 0 bridgehead atoms. The fourth-order valence-corrected chi connectivity index (χ4v) is 3.19. The number of pyridine rings is 1. The molecule has 0 saturated carbocycles. The molecule has 2 aromatic heterocycles. The van der Waals surface area contributed by atoms with E-state index >= 15 is 0 Å². The maximum absolute atomic E-state index is 9.74. The number of hydrogen-bond donors (Lipinski definition) is 1. The highest BCUT2D eigenvalue weighted by molar-refractivity contribution is 5.39. The second-order valence-electron chi connectivity index (χ2n) is 6.34. The summed E-state index contributed by atoms with van der Waals surface area (Å²) in [5, 5.41) is 9.74. The van der Waals surface area contributed by atoms with Crippen molar-refractivity contribution >= 4 is 5.82 Å². The molecule has 1 atom stereocenters. The Morgan fingerprint density at radius 3 is 2.88 bits per heavy atom. The summed E-state index contributed by atoms with van der Waals surface area (Å²) in [5.41, 5.74) is 0.735. The standard InChI is InChI=1S/C18H27N5O/c1-3-22-11-8-19-18(22)14-21-9-5-10-23(13-12-21)17-7-4-6-16(20-17)15(2)24/h4,6-8,11,15,24H,3,5,9-10,12-14H2,1-2H3. The molecule has 3 heterocycles. The molecule has 1 fully saturated rings. The van der Waals surface area contributed by atoms with Crippen LogP contribution >= 0.6 is 0 Å². The highest BCUT2D eigenvalue weighted by atomic mass is 16.3. The first-order chi connectivity index (χ1) is 11.7. The minimum atomic E-state index is -0.527. The van der Waals surface area contributed by atoms with Crippen LogP contribution in [-0.4, -0.2) is 50.7 Å². The summed E-state index contributed by atoms with van der Waals surface area (Å²) in [7, 11) is 0. The zero-order valence-electron chi connectivity index (χ0n) is 14.6. The highest BCUT2D eigenvalue weighted by Gasteiger charge is 2.18. The molecule has 3 rings (SSSR count). The minimum Gasteiger partial charge on any atom is -0.387 e. The fraction of sp³-hybridized carbons (Fsp3) is 0.556. The number of aryl methyl sites for hydroxylation is 1. The predicted octanol–water partition coefficient (Wildman–Crippen LogP) is 2.06. The Morgan fingerprint density at radius 2 is 2.08 bits per heavy atom. The number of aliphatic hydroxyl groups excluding tert-OH is 1. The van der Waals surface area contributed by atoms with E-state index in [9.17, 15) is 5.11 Å². The highest BCUT2D eigenvalue weighted by Crippen LogP contribution is 2.18. The normalized spacial score (nSPS) is 17.7. The van der Waals surface area contributed by atoms with Crippen LogP contribution in [0, 0.1) is 0 Å². The first kappa shape index (κ1) is 16.9. The van der Waals surface area contributed by atoms with Gasteiger partial charge in [0.15, 0.2) is 0 Å². The van der Waals surface area contributed by atoms with Gasteiger partial charge in [-0.3, -0.25) is 4.90 Å². The molecule has 2 aromatic rings. The van der Waals surface area contributed by atoms with E-state index in [0.29, 0.717) is 0 Å². The lowest BCUT2D eigenvalue weighted by molar-refractivity contribution is 0.194. The van der Waals surface area contributed by atoms with Gasteiger partial charge < -0.3 is 14.6 Å². The third kappa shape index (κ3) is 3.94. The van der Waals surface area contributed by atoms with Crippen molar-refractivity contribution in [1.82, 2.24) is 19.4 Å². The zero-order valence-corrected chi connectivity index (χ0v) is 14.6. The average molecular weight is 329 g/mol. The molecule has 1 unspecified atom stereocenters. The van der Waals surface area contributed by atoms with Gasteiger partial charge in [0.05, 0.1) is 18.3 Å². The minimum absolute atomic E-state index is 0.527. The predicted molar refractivity (Wildman–Crippen MR) is 94.9 cm³/mol. The molecule has 0 radical (unpaired) electrons. The van der Waals surface area contributed by atoms with Crippen LogP contribution in [0.25, 0.3) is 0 Å². The molecule has 0 spiro atoms. The van der Waals surface area contributed by atoms with Crippen LogP contribution < -0.4 is 4.90 Å². The summed E-state index contributed by atoms with van der Waals surface area (Å²) in [4.78, 5) is 13.9. The second kappa shape index (κ2) is 7.77. The zero-order chi connectivity index (χ0) is 16.9. The monoisotopic (exact) mass is 329 g/mol. The Hall–Kier alpha value is -1.92. The van der Waals surface area contributed by atoms with Crippen molar-refractivity contribution < 1.29 is 5.11 Å². The van der Waals surface area contributed by atoms with Crippen molar-refractivity contribution in [3.8, 4) is 0 Å². The van der Waals surface area contributed by atoms with Crippen LogP contribution in [0.3, 0.4) is 0 Å². The van der Waals surface area contributed by atoms with Crippen LogP contribution in [0.15, 0.2) is 30.6 Å². The molecule has 0 aromatic carbocycles. The van der Waals surface area contributed by atoms with Crippen LogP contribution in [0.2, 0.25) is 0 Å². The molecule has 24 heavy (non-hydrogen) atoms. The van der Waals surface area contributed by atoms with Gasteiger partial charge in [-0.2, -0.15) is 0 Å². The first-order valence-corrected chi connectivity index (χ1v) is 8.79. The summed E-state index contributed by atoms with van der Waals surface area (Å²) in [6.45, 7) is 9.78. The van der Waals surface area contributed by atoms with E-state index in [4.69, 9.17) is 0 Å². The first-order valence-electron chi connectivity index (χ1n) is 8.79. The summed E-state index contributed by atoms with van der Waals surface area (Å²) >= 11 is 0. The SMILES string of the molecule is CCn1ccnc1CN1CCCN(c2cccc(C(C)O)n2)CC1. The molecule has 1 N–H and O–H groups in total. The van der Waals surface area contributed by atoms with Gasteiger partial charge in [0.25, 0.3) is 0 Å². The van der Waals surface area contributed by atoms with E-state index in [0.717, 1.165) is 63.0 Å². The molecular weight excluding hydrogens is 302 g/mol. The van der Waals surface area contributed by atoms with Crippen molar-refractivity contribution in [2.45, 2.75) is 39.5 Å². The molecule has 1 aliphatic rings. The number of anilines is 1. The van der Waals surface area contributed by atoms with E-state index < -0.39 is 6.10 Å². The van der Waals surface area contributed by atoms with E-state index in [1.807, 2.05) is 30.6 Å². The number of aromatic nitrogens is 3. The Labute approximate surface area is 143 Å². The fourth-order valence-electron chi connectivity index (χ4n) is 3.19. The van der Waals surface area contributed by atoms with Gasteiger partial charge in [0.2, 0.25) is 0 Å². The topological polar surface area (TPSA) is 57.4 Å². The van der Waals surface area contributed by atoms with Gasteiger partial charge in [-0.1, -0.05) is 6.07 Å². The van der Waals surface area contributed by atoms with Gasteiger partial charge >= 0.3 is 0 Å². The lowest BCUT2D eigenvalue weighted by Crippen LogP contribution is -2.31. The lowest BCUT2D eigenvalue weighted by atomic mass is 10.2. The molecule has 0 aliphatic carbocycles. The van der Waals surface area contributed by atoms with Crippen molar-refractivity contribution in [1.29, 1.82) is 0 Å². The van der Waals surface area contributed by atoms with Gasteiger partial charge in [0.1, 0.15) is 11.6 Å². The van der Waals surface area contributed by atoms with E-state index in [2.05, 4.69) is 31.3 Å². The molecule has 6 nitrogen and oxygen atoms in total. The number of imidazole rings is 1.